The van der Waals surface area contributed by atoms with Gasteiger partial charge in [0.1, 0.15) is 5.69 Å². The normalized spacial score (nSPS) is 18.6. The summed E-state index contributed by atoms with van der Waals surface area (Å²) >= 11 is 0. The fraction of sp³-hybridized carbons (Fsp3) is 0.444. The molecule has 1 aliphatic heterocycles. The average molecular weight is 430 g/mol. The molecule has 1 amide bonds. The number of carbonyl (C=O) groups is 1. The Hall–Kier alpha value is -2.40. The van der Waals surface area contributed by atoms with Gasteiger partial charge in [-0.25, -0.2) is 8.42 Å². The Kier molecular flexibility index (Phi) is 5.72. The fourth-order valence-corrected chi connectivity index (χ4v) is 5.06. The van der Waals surface area contributed by atoms with E-state index in [0.717, 1.165) is 23.9 Å². The van der Waals surface area contributed by atoms with Crippen LogP contribution in [0.1, 0.15) is 42.4 Å². The lowest BCUT2D eigenvalue weighted by Crippen LogP contribution is -2.41. The second-order valence-corrected chi connectivity index (χ2v) is 8.87. The monoisotopic (exact) mass is 430 g/mol. The molecule has 7 nitrogen and oxygen atoms in total. The third-order valence-corrected chi connectivity index (χ3v) is 6.85. The van der Waals surface area contributed by atoms with Gasteiger partial charge in [-0.1, -0.05) is 12.5 Å². The van der Waals surface area contributed by atoms with Crippen LogP contribution in [0, 0.1) is 0 Å². The summed E-state index contributed by atoms with van der Waals surface area (Å²) in [4.78, 5) is 12.4. The first kappa shape index (κ1) is 21.3. The number of nitrogens with zero attached hydrogens (tertiary/aromatic N) is 3. The maximum absolute atomic E-state index is 12.9. The van der Waals surface area contributed by atoms with Crippen LogP contribution in [0.2, 0.25) is 0 Å². The molecule has 0 radical (unpaired) electrons. The minimum atomic E-state index is -4.67. The second-order valence-electron chi connectivity index (χ2n) is 6.98. The Morgan fingerprint density at radius 3 is 2.59 bits per heavy atom. The highest BCUT2D eigenvalue weighted by atomic mass is 32.2. The molecular formula is C18H21F3N4O3S. The number of amides is 1. The Labute approximate surface area is 166 Å². The van der Waals surface area contributed by atoms with Crippen molar-refractivity contribution < 1.29 is 26.4 Å². The number of rotatable bonds is 4. The van der Waals surface area contributed by atoms with Crippen LogP contribution in [0.25, 0.3) is 0 Å². The summed E-state index contributed by atoms with van der Waals surface area (Å²) in [6.45, 7) is 2.28. The summed E-state index contributed by atoms with van der Waals surface area (Å²) in [5, 5.41) is 5.74. The average Bonchev–Trinajstić information content (AvgIpc) is 3.04. The Morgan fingerprint density at radius 1 is 1.24 bits per heavy atom. The van der Waals surface area contributed by atoms with Gasteiger partial charge in [-0.15, -0.1) is 0 Å². The molecule has 1 unspecified atom stereocenters. The van der Waals surface area contributed by atoms with Crippen molar-refractivity contribution in [3.8, 4) is 0 Å². The third-order valence-electron chi connectivity index (χ3n) is 4.84. The second kappa shape index (κ2) is 7.79. The Bertz CT molecular complexity index is 1020. The van der Waals surface area contributed by atoms with Crippen LogP contribution in [-0.4, -0.2) is 41.0 Å². The third kappa shape index (κ3) is 4.45. The van der Waals surface area contributed by atoms with Crippen molar-refractivity contribution in [1.29, 1.82) is 0 Å². The van der Waals surface area contributed by atoms with E-state index in [-0.39, 0.29) is 22.3 Å². The summed E-state index contributed by atoms with van der Waals surface area (Å²) in [6, 6.07) is 6.19. The predicted molar refractivity (Wildman–Crippen MR) is 99.8 cm³/mol. The number of hydrogen-bond acceptors (Lipinski definition) is 4. The van der Waals surface area contributed by atoms with Gasteiger partial charge in [0, 0.05) is 31.4 Å². The lowest BCUT2D eigenvalue weighted by Gasteiger charge is -2.32. The molecule has 158 valence electrons. The molecule has 1 aliphatic rings. The number of aryl methyl sites for hydroxylation is 1. The zero-order chi connectivity index (χ0) is 21.4. The van der Waals surface area contributed by atoms with Crippen molar-refractivity contribution in [1.82, 2.24) is 14.1 Å². The highest BCUT2D eigenvalue weighted by Gasteiger charge is 2.35. The topological polar surface area (TPSA) is 84.3 Å². The van der Waals surface area contributed by atoms with E-state index in [9.17, 15) is 26.4 Å². The van der Waals surface area contributed by atoms with Gasteiger partial charge in [0.05, 0.1) is 4.90 Å². The number of piperidine rings is 1. The van der Waals surface area contributed by atoms with Gasteiger partial charge in [0.15, 0.2) is 5.69 Å². The zero-order valence-corrected chi connectivity index (χ0v) is 16.7. The lowest BCUT2D eigenvalue weighted by atomic mass is 10.1. The number of carbonyl (C=O) groups excluding carboxylic acids is 1. The summed E-state index contributed by atoms with van der Waals surface area (Å²) in [7, 11) is -2.52. The van der Waals surface area contributed by atoms with E-state index in [0.29, 0.717) is 12.6 Å². The van der Waals surface area contributed by atoms with Gasteiger partial charge in [-0.05, 0) is 38.0 Å². The fourth-order valence-electron chi connectivity index (χ4n) is 3.31. The van der Waals surface area contributed by atoms with Crippen molar-refractivity contribution in [3.63, 3.8) is 0 Å². The van der Waals surface area contributed by atoms with E-state index in [2.05, 4.69) is 10.4 Å². The maximum Gasteiger partial charge on any atom is 0.435 e. The Morgan fingerprint density at radius 2 is 1.97 bits per heavy atom. The van der Waals surface area contributed by atoms with E-state index in [4.69, 9.17) is 0 Å². The van der Waals surface area contributed by atoms with Gasteiger partial charge in [0.25, 0.3) is 5.91 Å². The quantitative estimate of drug-likeness (QED) is 0.807. The van der Waals surface area contributed by atoms with E-state index in [1.807, 2.05) is 6.92 Å². The first-order chi connectivity index (χ1) is 13.5. The first-order valence-electron chi connectivity index (χ1n) is 9.04. The SMILES string of the molecule is CC1CCCCN1S(=O)(=O)c1cccc(NC(=O)c2cc(C(F)(F)F)nn2C)c1. The molecular weight excluding hydrogens is 409 g/mol. The lowest BCUT2D eigenvalue weighted by molar-refractivity contribution is -0.141. The van der Waals surface area contributed by atoms with Gasteiger partial charge < -0.3 is 5.32 Å². The molecule has 1 fully saturated rings. The molecule has 1 aromatic heterocycles. The first-order valence-corrected chi connectivity index (χ1v) is 10.5. The van der Waals surface area contributed by atoms with Crippen LogP contribution in [0.3, 0.4) is 0 Å². The molecule has 3 rings (SSSR count). The highest BCUT2D eigenvalue weighted by molar-refractivity contribution is 7.89. The van der Waals surface area contributed by atoms with E-state index in [1.165, 1.54) is 35.6 Å². The summed E-state index contributed by atoms with van der Waals surface area (Å²) in [5.74, 6) is -0.823. The van der Waals surface area contributed by atoms with Gasteiger partial charge in [-0.2, -0.15) is 22.6 Å². The number of aromatic nitrogens is 2. The van der Waals surface area contributed by atoms with Crippen molar-refractivity contribution >= 4 is 21.6 Å². The molecule has 1 N–H and O–H groups in total. The molecule has 29 heavy (non-hydrogen) atoms. The van der Waals surface area contributed by atoms with Crippen LogP contribution in [0.5, 0.6) is 0 Å². The molecule has 0 bridgehead atoms. The molecule has 2 aromatic rings. The Balaban J connectivity index is 1.83. The van der Waals surface area contributed by atoms with Gasteiger partial charge >= 0.3 is 6.18 Å². The largest absolute Gasteiger partial charge is 0.435 e. The van der Waals surface area contributed by atoms with Crippen LogP contribution in [0.15, 0.2) is 35.2 Å². The van der Waals surface area contributed by atoms with Crippen LogP contribution in [0.4, 0.5) is 18.9 Å². The van der Waals surface area contributed by atoms with Crippen molar-refractivity contribution in [2.24, 2.45) is 7.05 Å². The zero-order valence-electron chi connectivity index (χ0n) is 15.9. The van der Waals surface area contributed by atoms with Crippen molar-refractivity contribution in [3.05, 3.63) is 41.7 Å². The molecule has 0 aliphatic carbocycles. The molecule has 0 spiro atoms. The van der Waals surface area contributed by atoms with E-state index < -0.39 is 27.8 Å². The minimum Gasteiger partial charge on any atom is -0.321 e. The maximum atomic E-state index is 12.9. The number of hydrogen-bond donors (Lipinski definition) is 1. The molecule has 2 heterocycles. The standard InChI is InChI=1S/C18H21F3N4O3S/c1-12-6-3-4-9-25(12)29(27,28)14-8-5-7-13(10-14)22-17(26)15-11-16(18(19,20)21)23-24(15)2/h5,7-8,10-12H,3-4,6,9H2,1-2H3,(H,22,26). The number of sulfonamides is 1. The number of nitrogens with one attached hydrogen (secondary N) is 1. The number of alkyl halides is 3. The van der Waals surface area contributed by atoms with Crippen LogP contribution in [-0.2, 0) is 23.2 Å². The predicted octanol–water partition coefficient (Wildman–Crippen LogP) is 3.25. The molecule has 0 saturated carbocycles. The van der Waals surface area contributed by atoms with E-state index in [1.54, 1.807) is 0 Å². The van der Waals surface area contributed by atoms with Crippen LogP contribution < -0.4 is 5.32 Å². The molecule has 1 aromatic carbocycles. The highest BCUT2D eigenvalue weighted by Crippen LogP contribution is 2.29. The number of halogens is 3. The van der Waals surface area contributed by atoms with Gasteiger partial charge in [0.2, 0.25) is 10.0 Å². The summed E-state index contributed by atoms with van der Waals surface area (Å²) < 4.78 is 66.5. The molecule has 11 heteroatoms. The van der Waals surface area contributed by atoms with E-state index >= 15 is 0 Å². The van der Waals surface area contributed by atoms with Gasteiger partial charge in [-0.3, -0.25) is 9.48 Å². The van der Waals surface area contributed by atoms with Crippen molar-refractivity contribution in [2.45, 2.75) is 43.3 Å². The smallest absolute Gasteiger partial charge is 0.321 e. The minimum absolute atomic E-state index is 0.0186. The molecule has 1 atom stereocenters. The number of benzene rings is 1. The summed E-state index contributed by atoms with van der Waals surface area (Å²) in [6.07, 6.45) is -2.15. The summed E-state index contributed by atoms with van der Waals surface area (Å²) in [5.41, 5.74) is -1.31. The van der Waals surface area contributed by atoms with Crippen LogP contribution >= 0.6 is 0 Å². The van der Waals surface area contributed by atoms with Crippen molar-refractivity contribution in [2.75, 3.05) is 11.9 Å². The number of anilines is 1. The molecule has 1 saturated heterocycles.